The van der Waals surface area contributed by atoms with E-state index < -0.39 is 0 Å². The zero-order chi connectivity index (χ0) is 11.0. The highest BCUT2D eigenvalue weighted by atomic mass is 16.5. The van der Waals surface area contributed by atoms with Crippen molar-refractivity contribution in [2.45, 2.75) is 46.6 Å². The molecule has 0 saturated carbocycles. The summed E-state index contributed by atoms with van der Waals surface area (Å²) in [7, 11) is 0. The van der Waals surface area contributed by atoms with Gasteiger partial charge in [0.05, 0.1) is 5.69 Å². The van der Waals surface area contributed by atoms with Crippen LogP contribution in [0.4, 0.5) is 0 Å². The van der Waals surface area contributed by atoms with E-state index >= 15 is 0 Å². The van der Waals surface area contributed by atoms with Crippen molar-refractivity contribution >= 4 is 0 Å². The van der Waals surface area contributed by atoms with Crippen molar-refractivity contribution in [3.05, 3.63) is 18.0 Å². The Balaban J connectivity index is 0. The van der Waals surface area contributed by atoms with Gasteiger partial charge in [-0.25, -0.2) is 0 Å². The van der Waals surface area contributed by atoms with E-state index in [0.717, 1.165) is 18.5 Å². The van der Waals surface area contributed by atoms with Crippen LogP contribution in [0, 0.1) is 5.92 Å². The highest BCUT2D eigenvalue weighted by molar-refractivity contribution is 4.97. The summed E-state index contributed by atoms with van der Waals surface area (Å²) >= 11 is 0. The highest BCUT2D eigenvalue weighted by Crippen LogP contribution is 2.07. The molecule has 0 radical (unpaired) electrons. The minimum absolute atomic E-state index is 0. The van der Waals surface area contributed by atoms with Crippen LogP contribution in [0.5, 0.6) is 0 Å². The van der Waals surface area contributed by atoms with Crippen molar-refractivity contribution in [2.75, 3.05) is 0 Å². The van der Waals surface area contributed by atoms with Crippen LogP contribution < -0.4 is 5.73 Å². The lowest BCUT2D eigenvalue weighted by Gasteiger charge is -2.11. The summed E-state index contributed by atoms with van der Waals surface area (Å²) in [6, 6.07) is 2.07. The number of rotatable bonds is 4. The molecule has 3 heteroatoms. The van der Waals surface area contributed by atoms with Crippen LogP contribution in [0.15, 0.2) is 16.9 Å². The number of aromatic nitrogens is 1. The molecule has 0 fully saturated rings. The molecule has 1 aromatic heterocycles. The molecule has 1 atom stereocenters. The largest absolute Gasteiger partial charge is 0.365 e. The second kappa shape index (κ2) is 7.56. The number of hydrogen-bond acceptors (Lipinski definition) is 3. The van der Waals surface area contributed by atoms with E-state index in [1.807, 2.05) is 19.9 Å². The lowest BCUT2D eigenvalue weighted by Crippen LogP contribution is -2.24. The summed E-state index contributed by atoms with van der Waals surface area (Å²) in [5.74, 6) is 0.645. The Hall–Kier alpha value is -0.830. The molecule has 0 amide bonds. The zero-order valence-electron chi connectivity index (χ0n) is 9.66. The van der Waals surface area contributed by atoms with Gasteiger partial charge in [-0.05, 0) is 12.3 Å². The van der Waals surface area contributed by atoms with Crippen molar-refractivity contribution in [2.24, 2.45) is 11.7 Å². The quantitative estimate of drug-likeness (QED) is 0.813. The van der Waals surface area contributed by atoms with E-state index in [1.165, 1.54) is 0 Å². The van der Waals surface area contributed by atoms with Crippen molar-refractivity contribution in [1.82, 2.24) is 5.16 Å². The van der Waals surface area contributed by atoms with E-state index in [-0.39, 0.29) is 7.47 Å². The molecule has 0 unspecified atom stereocenters. The number of nitrogens with zero attached hydrogens (tertiary/aromatic N) is 1. The fourth-order valence-electron chi connectivity index (χ4n) is 1.30. The predicted octanol–water partition coefficient (Wildman–Crippen LogP) is 2.86. The summed E-state index contributed by atoms with van der Waals surface area (Å²) in [4.78, 5) is 0. The van der Waals surface area contributed by atoms with Gasteiger partial charge >= 0.3 is 0 Å². The van der Waals surface area contributed by atoms with Crippen LogP contribution >= 0.6 is 0 Å². The molecule has 0 bridgehead atoms. The molecule has 0 saturated heterocycles. The Morgan fingerprint density at radius 1 is 1.50 bits per heavy atom. The Bertz CT molecular complexity index is 212. The van der Waals surface area contributed by atoms with Gasteiger partial charge in [0.25, 0.3) is 0 Å². The van der Waals surface area contributed by atoms with Crippen molar-refractivity contribution in [3.8, 4) is 0 Å². The van der Waals surface area contributed by atoms with E-state index in [9.17, 15) is 0 Å². The van der Waals surface area contributed by atoms with Gasteiger partial charge in [0.1, 0.15) is 6.26 Å². The molecule has 14 heavy (non-hydrogen) atoms. The van der Waals surface area contributed by atoms with Crippen LogP contribution in [0.25, 0.3) is 0 Å². The Kier molecular flexibility index (Phi) is 7.11. The topological polar surface area (TPSA) is 52.0 Å². The van der Waals surface area contributed by atoms with E-state index in [4.69, 9.17) is 10.3 Å². The molecule has 0 spiro atoms. The third kappa shape index (κ3) is 5.75. The van der Waals surface area contributed by atoms with Gasteiger partial charge in [0.2, 0.25) is 0 Å². The SMILES string of the molecule is CC.CC(C)C[C@H](N)Cc1ccon1.[HH]. The van der Waals surface area contributed by atoms with Crippen molar-refractivity contribution in [3.63, 3.8) is 0 Å². The molecule has 0 aliphatic rings. The highest BCUT2D eigenvalue weighted by Gasteiger charge is 2.07. The first kappa shape index (κ1) is 13.2. The molecular weight excluding hydrogens is 176 g/mol. The van der Waals surface area contributed by atoms with Gasteiger partial charge in [-0.2, -0.15) is 0 Å². The molecule has 1 heterocycles. The molecule has 0 aromatic carbocycles. The molecule has 1 rings (SSSR count). The van der Waals surface area contributed by atoms with Crippen LogP contribution in [0.1, 0.15) is 41.2 Å². The smallest absolute Gasteiger partial charge is 0.124 e. The molecule has 0 aliphatic heterocycles. The summed E-state index contributed by atoms with van der Waals surface area (Å²) in [6.07, 6.45) is 3.43. The zero-order valence-corrected chi connectivity index (χ0v) is 9.66. The molecule has 1 aromatic rings. The standard InChI is InChI=1S/C9H16N2O.C2H6.H2/c1-7(2)5-8(10)6-9-3-4-12-11-9;1-2;/h3-4,7-8H,5-6,10H2,1-2H3;1-2H3;1H/t8-;;/m0../s1. The lowest BCUT2D eigenvalue weighted by molar-refractivity contribution is 0.404. The molecule has 84 valence electrons. The summed E-state index contributed by atoms with van der Waals surface area (Å²) in [6.45, 7) is 8.34. The second-order valence-electron chi connectivity index (χ2n) is 3.58. The Morgan fingerprint density at radius 2 is 2.14 bits per heavy atom. The molecular formula is C11H24N2O. The lowest BCUT2D eigenvalue weighted by atomic mass is 10.0. The number of hydrogen-bond donors (Lipinski definition) is 1. The third-order valence-electron chi connectivity index (χ3n) is 1.74. The van der Waals surface area contributed by atoms with Gasteiger partial charge in [0.15, 0.2) is 0 Å². The van der Waals surface area contributed by atoms with Crippen LogP contribution in [-0.2, 0) is 6.42 Å². The first-order chi connectivity index (χ1) is 6.68. The van der Waals surface area contributed by atoms with Gasteiger partial charge < -0.3 is 10.3 Å². The van der Waals surface area contributed by atoms with Crippen molar-refractivity contribution in [1.29, 1.82) is 0 Å². The third-order valence-corrected chi connectivity index (χ3v) is 1.74. The summed E-state index contributed by atoms with van der Waals surface area (Å²) in [5, 5.41) is 3.81. The van der Waals surface area contributed by atoms with Gasteiger partial charge in [-0.1, -0.05) is 32.9 Å². The number of nitrogens with two attached hydrogens (primary N) is 1. The molecule has 3 nitrogen and oxygen atoms in total. The van der Waals surface area contributed by atoms with Crippen molar-refractivity contribution < 1.29 is 5.95 Å². The summed E-state index contributed by atoms with van der Waals surface area (Å²) in [5.41, 5.74) is 6.83. The van der Waals surface area contributed by atoms with E-state index in [2.05, 4.69) is 19.0 Å². The minimum atomic E-state index is 0. The van der Waals surface area contributed by atoms with Gasteiger partial charge in [-0.15, -0.1) is 0 Å². The Morgan fingerprint density at radius 3 is 2.57 bits per heavy atom. The first-order valence-corrected chi connectivity index (χ1v) is 5.33. The minimum Gasteiger partial charge on any atom is -0.365 e. The van der Waals surface area contributed by atoms with Crippen LogP contribution in [0.2, 0.25) is 0 Å². The summed E-state index contributed by atoms with van der Waals surface area (Å²) < 4.78 is 4.71. The van der Waals surface area contributed by atoms with E-state index in [0.29, 0.717) is 5.92 Å². The maximum atomic E-state index is 5.88. The molecule has 0 aliphatic carbocycles. The van der Waals surface area contributed by atoms with Crippen LogP contribution in [0.3, 0.4) is 0 Å². The first-order valence-electron chi connectivity index (χ1n) is 5.33. The van der Waals surface area contributed by atoms with Gasteiger partial charge in [-0.3, -0.25) is 0 Å². The second-order valence-corrected chi connectivity index (χ2v) is 3.58. The van der Waals surface area contributed by atoms with Crippen LogP contribution in [-0.4, -0.2) is 11.2 Å². The average molecular weight is 200 g/mol. The maximum absolute atomic E-state index is 5.88. The average Bonchev–Trinajstić information content (AvgIpc) is 2.59. The fourth-order valence-corrected chi connectivity index (χ4v) is 1.30. The maximum Gasteiger partial charge on any atom is 0.124 e. The fraction of sp³-hybridized carbons (Fsp3) is 0.727. The van der Waals surface area contributed by atoms with E-state index in [1.54, 1.807) is 6.26 Å². The van der Waals surface area contributed by atoms with Gasteiger partial charge in [0, 0.05) is 20.0 Å². The monoisotopic (exact) mass is 200 g/mol. The normalized spacial score (nSPS) is 12.1. The molecule has 2 N–H and O–H groups in total. The Labute approximate surface area is 88.1 Å². The predicted molar refractivity (Wildman–Crippen MR) is 61.1 cm³/mol.